The molecule has 6 heteroatoms. The molecule has 0 spiro atoms. The first kappa shape index (κ1) is 18.4. The lowest BCUT2D eigenvalue weighted by molar-refractivity contribution is 0.0780. The summed E-state index contributed by atoms with van der Waals surface area (Å²) in [7, 11) is 0. The molecule has 28 heavy (non-hydrogen) atoms. The zero-order valence-corrected chi connectivity index (χ0v) is 16.0. The van der Waals surface area contributed by atoms with Crippen LogP contribution >= 0.6 is 0 Å². The van der Waals surface area contributed by atoms with Crippen molar-refractivity contribution in [3.63, 3.8) is 0 Å². The molecular weight excluding hydrogens is 354 g/mol. The maximum absolute atomic E-state index is 12.9. The SMILES string of the molecule is Cc1nc2ccccc2c(=O)n1-c1ccc(C(=O)N2C[C@@H](CO)[C@H](C)C2)cc1. The Hall–Kier alpha value is -2.99. The number of carbonyl (C=O) groups is 1. The van der Waals surface area contributed by atoms with E-state index >= 15 is 0 Å². The van der Waals surface area contributed by atoms with E-state index < -0.39 is 0 Å². The third-order valence-corrected chi connectivity index (χ3v) is 5.61. The Kier molecular flexibility index (Phi) is 4.73. The summed E-state index contributed by atoms with van der Waals surface area (Å²) in [5.74, 6) is 0.975. The van der Waals surface area contributed by atoms with Crippen molar-refractivity contribution in [3.8, 4) is 5.69 Å². The van der Waals surface area contributed by atoms with Gasteiger partial charge < -0.3 is 10.0 Å². The molecule has 1 fully saturated rings. The van der Waals surface area contributed by atoms with Crippen LogP contribution < -0.4 is 5.56 Å². The molecule has 6 nitrogen and oxygen atoms in total. The normalized spacial score (nSPS) is 19.3. The number of hydrogen-bond donors (Lipinski definition) is 1. The second-order valence-electron chi connectivity index (χ2n) is 7.49. The number of aliphatic hydroxyl groups is 1. The molecule has 1 aliphatic heterocycles. The standard InChI is InChI=1S/C22H23N3O3/c1-14-11-24(12-17(14)13-26)21(27)16-7-9-18(10-8-16)25-15(2)23-20-6-4-3-5-19(20)22(25)28/h3-10,14,17,26H,11-13H2,1-2H3/t14-,17+/m1/s1. The maximum Gasteiger partial charge on any atom is 0.265 e. The average Bonchev–Trinajstić information content (AvgIpc) is 3.09. The van der Waals surface area contributed by atoms with Crippen molar-refractivity contribution >= 4 is 16.8 Å². The van der Waals surface area contributed by atoms with Crippen LogP contribution in [0.4, 0.5) is 0 Å². The number of aliphatic hydroxyl groups excluding tert-OH is 1. The van der Waals surface area contributed by atoms with Gasteiger partial charge in [-0.15, -0.1) is 0 Å². The monoisotopic (exact) mass is 377 g/mol. The Bertz CT molecular complexity index is 1090. The first-order valence-electron chi connectivity index (χ1n) is 9.48. The van der Waals surface area contributed by atoms with Crippen molar-refractivity contribution in [2.45, 2.75) is 13.8 Å². The van der Waals surface area contributed by atoms with Crippen molar-refractivity contribution in [2.75, 3.05) is 19.7 Å². The topological polar surface area (TPSA) is 75.4 Å². The minimum Gasteiger partial charge on any atom is -0.396 e. The van der Waals surface area contributed by atoms with Gasteiger partial charge in [0.1, 0.15) is 5.82 Å². The Morgan fingerprint density at radius 3 is 2.54 bits per heavy atom. The van der Waals surface area contributed by atoms with Gasteiger partial charge in [0.25, 0.3) is 11.5 Å². The van der Waals surface area contributed by atoms with Crippen LogP contribution in [0.25, 0.3) is 16.6 Å². The minimum atomic E-state index is -0.124. The third-order valence-electron chi connectivity index (χ3n) is 5.61. The number of likely N-dealkylation sites (tertiary alicyclic amines) is 1. The predicted molar refractivity (Wildman–Crippen MR) is 108 cm³/mol. The molecule has 0 aliphatic carbocycles. The molecule has 0 unspecified atom stereocenters. The zero-order chi connectivity index (χ0) is 19.8. The number of nitrogens with zero attached hydrogens (tertiary/aromatic N) is 3. The minimum absolute atomic E-state index is 0.0462. The molecule has 1 saturated heterocycles. The second kappa shape index (κ2) is 7.20. The number of aromatic nitrogens is 2. The van der Waals surface area contributed by atoms with E-state index in [-0.39, 0.29) is 29.9 Å². The molecule has 0 bridgehead atoms. The van der Waals surface area contributed by atoms with Crippen LogP contribution in [-0.4, -0.2) is 45.2 Å². The molecule has 0 radical (unpaired) electrons. The maximum atomic E-state index is 12.9. The fourth-order valence-electron chi connectivity index (χ4n) is 3.92. The fraction of sp³-hybridized carbons (Fsp3) is 0.318. The quantitative estimate of drug-likeness (QED) is 0.761. The Balaban J connectivity index is 1.65. The summed E-state index contributed by atoms with van der Waals surface area (Å²) in [6.45, 7) is 5.18. The lowest BCUT2D eigenvalue weighted by Crippen LogP contribution is -2.29. The molecular formula is C22H23N3O3. The smallest absolute Gasteiger partial charge is 0.265 e. The van der Waals surface area contributed by atoms with Crippen LogP contribution in [0.1, 0.15) is 23.1 Å². The first-order chi connectivity index (χ1) is 13.5. The summed E-state index contributed by atoms with van der Waals surface area (Å²) >= 11 is 0. The highest BCUT2D eigenvalue weighted by atomic mass is 16.3. The molecule has 2 heterocycles. The number of aryl methyl sites for hydroxylation is 1. The van der Waals surface area contributed by atoms with Crippen LogP contribution in [0.2, 0.25) is 0 Å². The molecule has 1 aliphatic rings. The van der Waals surface area contributed by atoms with Gasteiger partial charge in [0.15, 0.2) is 0 Å². The van der Waals surface area contributed by atoms with Crippen LogP contribution in [0.5, 0.6) is 0 Å². The van der Waals surface area contributed by atoms with Crippen LogP contribution in [0.15, 0.2) is 53.3 Å². The van der Waals surface area contributed by atoms with Gasteiger partial charge in [-0.3, -0.25) is 14.2 Å². The molecule has 2 atom stereocenters. The summed E-state index contributed by atoms with van der Waals surface area (Å²) in [4.78, 5) is 32.0. The van der Waals surface area contributed by atoms with Gasteiger partial charge in [-0.1, -0.05) is 19.1 Å². The van der Waals surface area contributed by atoms with Gasteiger partial charge in [0.2, 0.25) is 0 Å². The van der Waals surface area contributed by atoms with Crippen molar-refractivity contribution in [3.05, 3.63) is 70.3 Å². The molecule has 1 aromatic heterocycles. The van der Waals surface area contributed by atoms with Crippen molar-refractivity contribution in [1.82, 2.24) is 14.5 Å². The van der Waals surface area contributed by atoms with E-state index in [1.807, 2.05) is 18.2 Å². The molecule has 1 amide bonds. The molecule has 0 saturated carbocycles. The highest BCUT2D eigenvalue weighted by Crippen LogP contribution is 2.24. The summed E-state index contributed by atoms with van der Waals surface area (Å²) < 4.78 is 1.57. The molecule has 1 N–H and O–H groups in total. The average molecular weight is 377 g/mol. The largest absolute Gasteiger partial charge is 0.396 e. The number of benzene rings is 2. The predicted octanol–water partition coefficient (Wildman–Crippen LogP) is 2.39. The van der Waals surface area contributed by atoms with E-state index in [2.05, 4.69) is 11.9 Å². The van der Waals surface area contributed by atoms with Crippen LogP contribution in [-0.2, 0) is 0 Å². The van der Waals surface area contributed by atoms with E-state index in [0.717, 1.165) is 0 Å². The Labute approximate surface area is 163 Å². The zero-order valence-electron chi connectivity index (χ0n) is 16.0. The summed E-state index contributed by atoms with van der Waals surface area (Å²) in [5, 5.41) is 9.98. The number of rotatable bonds is 3. The van der Waals surface area contributed by atoms with Gasteiger partial charge in [-0.05, 0) is 49.2 Å². The highest BCUT2D eigenvalue weighted by Gasteiger charge is 2.32. The Morgan fingerprint density at radius 1 is 1.14 bits per heavy atom. The number of amides is 1. The van der Waals surface area contributed by atoms with Gasteiger partial charge >= 0.3 is 0 Å². The van der Waals surface area contributed by atoms with Gasteiger partial charge in [0, 0.05) is 31.2 Å². The van der Waals surface area contributed by atoms with Crippen LogP contribution in [0.3, 0.4) is 0 Å². The first-order valence-corrected chi connectivity index (χ1v) is 9.48. The van der Waals surface area contributed by atoms with Gasteiger partial charge in [0.05, 0.1) is 16.6 Å². The third kappa shape index (κ3) is 3.10. The van der Waals surface area contributed by atoms with Crippen molar-refractivity contribution in [2.24, 2.45) is 11.8 Å². The van der Waals surface area contributed by atoms with E-state index in [1.54, 1.807) is 46.7 Å². The van der Waals surface area contributed by atoms with E-state index in [0.29, 0.717) is 41.1 Å². The molecule has 3 aromatic rings. The molecule has 4 rings (SSSR count). The number of fused-ring (bicyclic) bond motifs is 1. The van der Waals surface area contributed by atoms with Crippen molar-refractivity contribution in [1.29, 1.82) is 0 Å². The lowest BCUT2D eigenvalue weighted by Gasteiger charge is -2.17. The van der Waals surface area contributed by atoms with Gasteiger partial charge in [-0.2, -0.15) is 0 Å². The van der Waals surface area contributed by atoms with E-state index in [9.17, 15) is 14.7 Å². The second-order valence-corrected chi connectivity index (χ2v) is 7.49. The molecule has 144 valence electrons. The van der Waals surface area contributed by atoms with E-state index in [1.165, 1.54) is 0 Å². The number of hydrogen-bond acceptors (Lipinski definition) is 4. The summed E-state index contributed by atoms with van der Waals surface area (Å²) in [5.41, 5.74) is 1.81. The summed E-state index contributed by atoms with van der Waals surface area (Å²) in [6, 6.07) is 14.3. The lowest BCUT2D eigenvalue weighted by atomic mass is 10.00. The van der Waals surface area contributed by atoms with Gasteiger partial charge in [-0.25, -0.2) is 4.98 Å². The summed E-state index contributed by atoms with van der Waals surface area (Å²) in [6.07, 6.45) is 0. The van der Waals surface area contributed by atoms with Crippen molar-refractivity contribution < 1.29 is 9.90 Å². The van der Waals surface area contributed by atoms with E-state index in [4.69, 9.17) is 0 Å². The molecule has 2 aromatic carbocycles. The number of para-hydroxylation sites is 1. The van der Waals surface area contributed by atoms with Crippen LogP contribution in [0, 0.1) is 18.8 Å². The number of carbonyl (C=O) groups excluding carboxylic acids is 1. The Morgan fingerprint density at radius 2 is 1.86 bits per heavy atom. The highest BCUT2D eigenvalue weighted by molar-refractivity contribution is 5.94. The fourth-order valence-corrected chi connectivity index (χ4v) is 3.92.